The number of ether oxygens (including phenoxy) is 2. The summed E-state index contributed by atoms with van der Waals surface area (Å²) >= 11 is 0. The number of allylic oxidation sites excluding steroid dienone is 1. The molecule has 1 N–H and O–H groups in total. The number of fused-ring (bicyclic) bond motifs is 2. The average molecular weight is 371 g/mol. The first-order chi connectivity index (χ1) is 13.6. The Balaban J connectivity index is 1.81. The highest BCUT2D eigenvalue weighted by Crippen LogP contribution is 2.38. The topological polar surface area (TPSA) is 88.0 Å². The molecule has 4 rings (SSSR count). The van der Waals surface area contributed by atoms with Crippen LogP contribution in [0, 0.1) is 11.3 Å². The summed E-state index contributed by atoms with van der Waals surface area (Å²) in [7, 11) is 1.60. The van der Waals surface area contributed by atoms with Gasteiger partial charge in [-0.2, -0.15) is 5.26 Å². The standard InChI is InChI=1S/C22H17N3O3/c1-13-15(10-14-6-5-9-19(27-2)20(14)28-13)11-16(12-23)21-24-18-8-4-3-7-17(18)22(26)25-21/h3-11,13H,1-2H3,(H,24,25,26)/b16-11+. The van der Waals surface area contributed by atoms with Crippen LogP contribution in [0.1, 0.15) is 18.3 Å². The lowest BCUT2D eigenvalue weighted by Crippen LogP contribution is -2.19. The van der Waals surface area contributed by atoms with Crippen molar-refractivity contribution in [1.82, 2.24) is 9.97 Å². The monoisotopic (exact) mass is 371 g/mol. The molecule has 1 aliphatic rings. The number of nitrogens with one attached hydrogen (secondary N) is 1. The molecule has 3 aromatic rings. The zero-order valence-electron chi connectivity index (χ0n) is 15.4. The molecule has 6 heteroatoms. The third kappa shape index (κ3) is 3.03. The van der Waals surface area contributed by atoms with Crippen LogP contribution in [0.15, 0.2) is 58.9 Å². The van der Waals surface area contributed by atoms with Gasteiger partial charge in [0.05, 0.1) is 23.6 Å². The molecule has 1 aliphatic heterocycles. The van der Waals surface area contributed by atoms with Crippen molar-refractivity contribution in [2.45, 2.75) is 13.0 Å². The van der Waals surface area contributed by atoms with Gasteiger partial charge in [0.15, 0.2) is 17.3 Å². The van der Waals surface area contributed by atoms with Crippen LogP contribution in [-0.2, 0) is 0 Å². The molecule has 1 aromatic heterocycles. The smallest absolute Gasteiger partial charge is 0.259 e. The molecule has 6 nitrogen and oxygen atoms in total. The molecular formula is C22H17N3O3. The van der Waals surface area contributed by atoms with Gasteiger partial charge < -0.3 is 14.5 Å². The maximum atomic E-state index is 12.3. The minimum atomic E-state index is -0.292. The summed E-state index contributed by atoms with van der Waals surface area (Å²) in [4.78, 5) is 19.5. The van der Waals surface area contributed by atoms with Crippen LogP contribution < -0.4 is 15.0 Å². The largest absolute Gasteiger partial charge is 0.493 e. The van der Waals surface area contributed by atoms with Crippen LogP contribution in [-0.4, -0.2) is 23.2 Å². The number of methoxy groups -OCH3 is 1. The third-order valence-corrected chi connectivity index (χ3v) is 4.61. The Morgan fingerprint density at radius 1 is 1.29 bits per heavy atom. The van der Waals surface area contributed by atoms with Gasteiger partial charge in [-0.3, -0.25) is 4.79 Å². The molecule has 0 fully saturated rings. The summed E-state index contributed by atoms with van der Waals surface area (Å²) in [6, 6.07) is 14.8. The Bertz CT molecular complexity index is 1230. The van der Waals surface area contributed by atoms with E-state index >= 15 is 0 Å². The van der Waals surface area contributed by atoms with E-state index in [2.05, 4.69) is 16.0 Å². The third-order valence-electron chi connectivity index (χ3n) is 4.61. The Morgan fingerprint density at radius 2 is 2.11 bits per heavy atom. The number of hydrogen-bond acceptors (Lipinski definition) is 5. The molecule has 1 unspecified atom stereocenters. The van der Waals surface area contributed by atoms with Gasteiger partial charge in [-0.05, 0) is 42.8 Å². The van der Waals surface area contributed by atoms with Gasteiger partial charge in [-0.1, -0.05) is 24.3 Å². The van der Waals surface area contributed by atoms with E-state index < -0.39 is 0 Å². The first-order valence-electron chi connectivity index (χ1n) is 8.77. The lowest BCUT2D eigenvalue weighted by Gasteiger charge is -2.24. The summed E-state index contributed by atoms with van der Waals surface area (Å²) in [5.74, 6) is 1.56. The van der Waals surface area contributed by atoms with Crippen LogP contribution >= 0.6 is 0 Å². The molecule has 0 spiro atoms. The maximum absolute atomic E-state index is 12.3. The van der Waals surface area contributed by atoms with Crippen molar-refractivity contribution < 1.29 is 9.47 Å². The number of benzene rings is 2. The molecule has 0 bridgehead atoms. The first-order valence-corrected chi connectivity index (χ1v) is 8.77. The number of H-pyrrole nitrogens is 1. The van der Waals surface area contributed by atoms with Gasteiger partial charge in [-0.25, -0.2) is 4.98 Å². The number of nitriles is 1. The van der Waals surface area contributed by atoms with E-state index in [-0.39, 0.29) is 23.1 Å². The zero-order valence-corrected chi connectivity index (χ0v) is 15.4. The summed E-state index contributed by atoms with van der Waals surface area (Å²) in [6.07, 6.45) is 3.35. The molecule has 0 saturated heterocycles. The van der Waals surface area contributed by atoms with Crippen LogP contribution in [0.5, 0.6) is 11.5 Å². The zero-order chi connectivity index (χ0) is 19.7. The van der Waals surface area contributed by atoms with E-state index in [0.717, 1.165) is 11.1 Å². The van der Waals surface area contributed by atoms with Gasteiger partial charge in [0.1, 0.15) is 12.2 Å². The summed E-state index contributed by atoms with van der Waals surface area (Å²) in [6.45, 7) is 1.89. The molecule has 2 heterocycles. The van der Waals surface area contributed by atoms with Gasteiger partial charge in [0.25, 0.3) is 5.56 Å². The normalized spacial score (nSPS) is 16.0. The van der Waals surface area contributed by atoms with Crippen molar-refractivity contribution in [2.24, 2.45) is 0 Å². The van der Waals surface area contributed by atoms with Crippen LogP contribution in [0.3, 0.4) is 0 Å². The number of hydrogen-bond donors (Lipinski definition) is 1. The number of aromatic amines is 1. The van der Waals surface area contributed by atoms with Crippen LogP contribution in [0.4, 0.5) is 0 Å². The molecule has 0 radical (unpaired) electrons. The number of aromatic nitrogens is 2. The van der Waals surface area contributed by atoms with E-state index in [9.17, 15) is 10.1 Å². The quantitative estimate of drug-likeness (QED) is 0.709. The van der Waals surface area contributed by atoms with E-state index in [0.29, 0.717) is 22.4 Å². The highest BCUT2D eigenvalue weighted by Gasteiger charge is 2.21. The molecule has 0 aliphatic carbocycles. The molecule has 0 amide bonds. The minimum absolute atomic E-state index is 0.232. The minimum Gasteiger partial charge on any atom is -0.493 e. The SMILES string of the molecule is COc1cccc2c1OC(C)C(/C=C(\C#N)c1nc3ccccc3c(=O)[nH]1)=C2. The molecule has 1 atom stereocenters. The molecule has 2 aromatic carbocycles. The highest BCUT2D eigenvalue weighted by atomic mass is 16.5. The van der Waals surface area contributed by atoms with Crippen molar-refractivity contribution in [2.75, 3.05) is 7.11 Å². The van der Waals surface area contributed by atoms with Crippen molar-refractivity contribution in [1.29, 1.82) is 5.26 Å². The number of nitrogens with zero attached hydrogens (tertiary/aromatic N) is 2. The second-order valence-corrected chi connectivity index (χ2v) is 6.38. The van der Waals surface area contributed by atoms with Crippen molar-refractivity contribution in [3.8, 4) is 17.6 Å². The number of para-hydroxylation sites is 2. The van der Waals surface area contributed by atoms with Crippen molar-refractivity contribution in [3.63, 3.8) is 0 Å². The van der Waals surface area contributed by atoms with Crippen molar-refractivity contribution >= 4 is 22.6 Å². The summed E-state index contributed by atoms with van der Waals surface area (Å²) < 4.78 is 11.4. The lowest BCUT2D eigenvalue weighted by atomic mass is 10.00. The van der Waals surface area contributed by atoms with E-state index in [4.69, 9.17) is 9.47 Å². The molecular weight excluding hydrogens is 354 g/mol. The van der Waals surface area contributed by atoms with Gasteiger partial charge in [-0.15, -0.1) is 0 Å². The second kappa shape index (κ2) is 7.05. The predicted octanol–water partition coefficient (Wildman–Crippen LogP) is 3.70. The average Bonchev–Trinajstić information content (AvgIpc) is 2.71. The molecule has 0 saturated carbocycles. The van der Waals surface area contributed by atoms with Gasteiger partial charge in [0, 0.05) is 5.56 Å². The van der Waals surface area contributed by atoms with E-state index in [1.54, 1.807) is 37.5 Å². The Morgan fingerprint density at radius 3 is 2.89 bits per heavy atom. The summed E-state index contributed by atoms with van der Waals surface area (Å²) in [5, 5.41) is 10.2. The van der Waals surface area contributed by atoms with Gasteiger partial charge >= 0.3 is 0 Å². The molecule has 138 valence electrons. The highest BCUT2D eigenvalue weighted by molar-refractivity contribution is 5.83. The molecule has 28 heavy (non-hydrogen) atoms. The Kier molecular flexibility index (Phi) is 4.42. The second-order valence-electron chi connectivity index (χ2n) is 6.38. The van der Waals surface area contributed by atoms with Crippen molar-refractivity contribution in [3.05, 3.63) is 75.9 Å². The fraction of sp³-hybridized carbons (Fsp3) is 0.136. The first kappa shape index (κ1) is 17.6. The lowest BCUT2D eigenvalue weighted by molar-refractivity contribution is 0.243. The van der Waals surface area contributed by atoms with E-state index in [1.807, 2.05) is 31.2 Å². The number of rotatable bonds is 3. The van der Waals surface area contributed by atoms with Crippen LogP contribution in [0.25, 0.3) is 22.6 Å². The predicted molar refractivity (Wildman–Crippen MR) is 107 cm³/mol. The Labute approximate surface area is 161 Å². The maximum Gasteiger partial charge on any atom is 0.259 e. The fourth-order valence-electron chi connectivity index (χ4n) is 3.17. The van der Waals surface area contributed by atoms with E-state index in [1.165, 1.54) is 0 Å². The fourth-order valence-corrected chi connectivity index (χ4v) is 3.17. The van der Waals surface area contributed by atoms with Gasteiger partial charge in [0.2, 0.25) is 0 Å². The van der Waals surface area contributed by atoms with Crippen LogP contribution in [0.2, 0.25) is 0 Å². The summed E-state index contributed by atoms with van der Waals surface area (Å²) in [5.41, 5.74) is 2.18. The Hall–Kier alpha value is -3.85.